The molecule has 1 saturated carbocycles. The van der Waals surface area contributed by atoms with Gasteiger partial charge in [-0.25, -0.2) is 8.42 Å². The van der Waals surface area contributed by atoms with Gasteiger partial charge >= 0.3 is 0 Å². The Hall–Kier alpha value is -0.0900. The van der Waals surface area contributed by atoms with Gasteiger partial charge in [0, 0.05) is 6.26 Å². The summed E-state index contributed by atoms with van der Waals surface area (Å²) < 4.78 is 21.7. The highest BCUT2D eigenvalue weighted by atomic mass is 32.2. The Kier molecular flexibility index (Phi) is 4.38. The second-order valence-electron chi connectivity index (χ2n) is 4.46. The Labute approximate surface area is 86.4 Å². The molecule has 0 saturated heterocycles. The molecule has 1 atom stereocenters. The van der Waals surface area contributed by atoms with E-state index in [-0.39, 0.29) is 5.75 Å². The third kappa shape index (κ3) is 4.96. The first-order valence-electron chi connectivity index (χ1n) is 5.33. The van der Waals surface area contributed by atoms with Crippen molar-refractivity contribution in [3.05, 3.63) is 0 Å². The number of aliphatic hydroxyl groups excluding tert-OH is 1. The molecule has 1 rings (SSSR count). The lowest BCUT2D eigenvalue weighted by Crippen LogP contribution is -2.16. The molecule has 0 amide bonds. The molecule has 0 spiro atoms. The maximum absolute atomic E-state index is 10.9. The van der Waals surface area contributed by atoms with Crippen LogP contribution in [0.4, 0.5) is 0 Å². The summed E-state index contributed by atoms with van der Waals surface area (Å²) in [7, 11) is -2.91. The van der Waals surface area contributed by atoms with Crippen molar-refractivity contribution >= 4 is 9.84 Å². The van der Waals surface area contributed by atoms with Crippen molar-refractivity contribution in [1.29, 1.82) is 0 Å². The minimum Gasteiger partial charge on any atom is -0.393 e. The van der Waals surface area contributed by atoms with Crippen molar-refractivity contribution in [3.63, 3.8) is 0 Å². The van der Waals surface area contributed by atoms with Gasteiger partial charge in [-0.1, -0.05) is 25.7 Å². The Morgan fingerprint density at radius 1 is 1.36 bits per heavy atom. The van der Waals surface area contributed by atoms with Crippen molar-refractivity contribution in [1.82, 2.24) is 0 Å². The van der Waals surface area contributed by atoms with Crippen molar-refractivity contribution in [2.75, 3.05) is 12.0 Å². The minimum atomic E-state index is -2.91. The molecule has 0 radical (unpaired) electrons. The van der Waals surface area contributed by atoms with Crippen molar-refractivity contribution < 1.29 is 13.5 Å². The first kappa shape index (κ1) is 12.0. The van der Waals surface area contributed by atoms with E-state index in [2.05, 4.69) is 0 Å². The molecule has 1 N–H and O–H groups in total. The number of aliphatic hydroxyl groups is 1. The smallest absolute Gasteiger partial charge is 0.147 e. The van der Waals surface area contributed by atoms with Crippen LogP contribution in [0.5, 0.6) is 0 Å². The van der Waals surface area contributed by atoms with Crippen LogP contribution in [0.25, 0.3) is 0 Å². The van der Waals surface area contributed by atoms with Crippen molar-refractivity contribution in [2.45, 2.75) is 44.6 Å². The van der Waals surface area contributed by atoms with E-state index in [1.807, 2.05) is 0 Å². The predicted molar refractivity (Wildman–Crippen MR) is 56.9 cm³/mol. The molecule has 0 aromatic rings. The summed E-state index contributed by atoms with van der Waals surface area (Å²) in [6.07, 6.45) is 6.92. The van der Waals surface area contributed by atoms with E-state index in [9.17, 15) is 13.5 Å². The van der Waals surface area contributed by atoms with Gasteiger partial charge in [-0.05, 0) is 18.8 Å². The zero-order valence-corrected chi connectivity index (χ0v) is 9.59. The molecule has 0 heterocycles. The average Bonchev–Trinajstić information content (AvgIpc) is 2.52. The summed E-state index contributed by atoms with van der Waals surface area (Å²) >= 11 is 0. The van der Waals surface area contributed by atoms with Crippen LogP contribution < -0.4 is 0 Å². The van der Waals surface area contributed by atoms with Crippen LogP contribution in [-0.4, -0.2) is 31.6 Å². The Morgan fingerprint density at radius 3 is 2.43 bits per heavy atom. The molecule has 0 aromatic carbocycles. The fourth-order valence-electron chi connectivity index (χ4n) is 2.10. The quantitative estimate of drug-likeness (QED) is 0.761. The van der Waals surface area contributed by atoms with Gasteiger partial charge in [0.05, 0.1) is 11.9 Å². The molecular formula is C10H20O3S. The highest BCUT2D eigenvalue weighted by Gasteiger charge is 2.19. The number of hydrogen-bond donors (Lipinski definition) is 1. The maximum atomic E-state index is 10.9. The second kappa shape index (κ2) is 5.12. The number of sulfone groups is 1. The summed E-state index contributed by atoms with van der Waals surface area (Å²) in [5.74, 6) is 0.741. The molecule has 84 valence electrons. The molecule has 1 aliphatic rings. The normalized spacial score (nSPS) is 21.3. The van der Waals surface area contributed by atoms with Crippen LogP contribution in [0.1, 0.15) is 38.5 Å². The van der Waals surface area contributed by atoms with Gasteiger partial charge in [0.25, 0.3) is 0 Å². The molecule has 14 heavy (non-hydrogen) atoms. The van der Waals surface area contributed by atoms with E-state index < -0.39 is 15.9 Å². The van der Waals surface area contributed by atoms with Crippen LogP contribution in [0.2, 0.25) is 0 Å². The van der Waals surface area contributed by atoms with Crippen LogP contribution in [0, 0.1) is 5.92 Å². The summed E-state index contributed by atoms with van der Waals surface area (Å²) in [5, 5.41) is 9.61. The van der Waals surface area contributed by atoms with Gasteiger partial charge in [-0.3, -0.25) is 0 Å². The molecule has 0 aliphatic heterocycles. The Bertz CT molecular complexity index is 253. The van der Waals surface area contributed by atoms with Crippen LogP contribution in [-0.2, 0) is 9.84 Å². The largest absolute Gasteiger partial charge is 0.393 e. The first-order chi connectivity index (χ1) is 6.47. The maximum Gasteiger partial charge on any atom is 0.147 e. The van der Waals surface area contributed by atoms with Gasteiger partial charge in [0.15, 0.2) is 0 Å². The highest BCUT2D eigenvalue weighted by molar-refractivity contribution is 7.90. The lowest BCUT2D eigenvalue weighted by Gasteiger charge is -2.14. The lowest BCUT2D eigenvalue weighted by molar-refractivity contribution is 0.139. The van der Waals surface area contributed by atoms with Crippen molar-refractivity contribution in [3.8, 4) is 0 Å². The Balaban J connectivity index is 2.18. The number of hydrogen-bond acceptors (Lipinski definition) is 3. The average molecular weight is 220 g/mol. The van der Waals surface area contributed by atoms with Gasteiger partial charge in [0.1, 0.15) is 9.84 Å². The second-order valence-corrected chi connectivity index (χ2v) is 6.72. The fourth-order valence-corrected chi connectivity index (χ4v) is 2.80. The van der Waals surface area contributed by atoms with E-state index >= 15 is 0 Å². The lowest BCUT2D eigenvalue weighted by atomic mass is 9.99. The highest BCUT2D eigenvalue weighted by Crippen LogP contribution is 2.29. The summed E-state index contributed by atoms with van der Waals surface area (Å²) in [4.78, 5) is 0. The molecule has 0 bridgehead atoms. The summed E-state index contributed by atoms with van der Waals surface area (Å²) in [6.45, 7) is 0. The summed E-state index contributed by atoms with van der Waals surface area (Å²) in [5.41, 5.74) is 0. The molecule has 1 aliphatic carbocycles. The standard InChI is InChI=1S/C10H20O3S/c1-14(12,13)7-6-10(11)8-9-4-2-3-5-9/h9-11H,2-8H2,1H3. The van der Waals surface area contributed by atoms with E-state index in [1.165, 1.54) is 31.9 Å². The third-order valence-electron chi connectivity index (χ3n) is 2.90. The van der Waals surface area contributed by atoms with Gasteiger partial charge < -0.3 is 5.11 Å². The molecule has 0 aromatic heterocycles. The monoisotopic (exact) mass is 220 g/mol. The SMILES string of the molecule is CS(=O)(=O)CCC(O)CC1CCCC1. The van der Waals surface area contributed by atoms with Crippen LogP contribution >= 0.6 is 0 Å². The Morgan fingerprint density at radius 2 is 1.93 bits per heavy atom. The van der Waals surface area contributed by atoms with Crippen LogP contribution in [0.3, 0.4) is 0 Å². The van der Waals surface area contributed by atoms with E-state index in [1.54, 1.807) is 0 Å². The van der Waals surface area contributed by atoms with Gasteiger partial charge in [-0.15, -0.1) is 0 Å². The third-order valence-corrected chi connectivity index (χ3v) is 3.88. The van der Waals surface area contributed by atoms with Gasteiger partial charge in [0.2, 0.25) is 0 Å². The molecule has 1 fully saturated rings. The van der Waals surface area contributed by atoms with E-state index in [0.717, 1.165) is 6.42 Å². The zero-order chi connectivity index (χ0) is 10.6. The zero-order valence-electron chi connectivity index (χ0n) is 8.78. The molecule has 3 nitrogen and oxygen atoms in total. The predicted octanol–water partition coefficient (Wildman–Crippen LogP) is 1.36. The molecule has 1 unspecified atom stereocenters. The summed E-state index contributed by atoms with van der Waals surface area (Å²) in [6, 6.07) is 0. The molecular weight excluding hydrogens is 200 g/mol. The van der Waals surface area contributed by atoms with Crippen LogP contribution in [0.15, 0.2) is 0 Å². The number of rotatable bonds is 5. The van der Waals surface area contributed by atoms with Gasteiger partial charge in [-0.2, -0.15) is 0 Å². The first-order valence-corrected chi connectivity index (χ1v) is 7.39. The fraction of sp³-hybridized carbons (Fsp3) is 1.00. The van der Waals surface area contributed by atoms with E-state index in [0.29, 0.717) is 12.3 Å². The minimum absolute atomic E-state index is 0.112. The van der Waals surface area contributed by atoms with Crippen molar-refractivity contribution in [2.24, 2.45) is 5.92 Å². The molecule has 4 heteroatoms. The van der Waals surface area contributed by atoms with E-state index in [4.69, 9.17) is 0 Å². The topological polar surface area (TPSA) is 54.4 Å².